The van der Waals surface area contributed by atoms with Crippen LogP contribution < -0.4 is 11.0 Å². The van der Waals surface area contributed by atoms with Gasteiger partial charge in [0.25, 0.3) is 0 Å². The van der Waals surface area contributed by atoms with E-state index in [1.165, 1.54) is 15.9 Å². The molecule has 0 unspecified atom stereocenters. The molecule has 2 aromatic carbocycles. The molecule has 3 aromatic heterocycles. The van der Waals surface area contributed by atoms with Crippen molar-refractivity contribution in [3.8, 4) is 11.4 Å². The maximum Gasteiger partial charge on any atom is 0.329 e. The van der Waals surface area contributed by atoms with Gasteiger partial charge in [-0.15, -0.1) is 0 Å². The largest absolute Gasteiger partial charge is 0.339 e. The Morgan fingerprint density at radius 2 is 1.94 bits per heavy atom. The standard InChI is InChI=1S/C23H22N6O3S/c1-12(2)29-17-8-6-15(21-24-14(4)32-27-21)10-18(17)28(23(29)31)11-20(30)26-22-25-16-7-5-13(3)9-19(16)33-22/h5-10,12H,11H2,1-4H3,(H,25,26,30). The Morgan fingerprint density at radius 3 is 2.67 bits per heavy atom. The van der Waals surface area contributed by atoms with Gasteiger partial charge in [-0.3, -0.25) is 13.9 Å². The van der Waals surface area contributed by atoms with E-state index >= 15 is 0 Å². The van der Waals surface area contributed by atoms with E-state index in [1.54, 1.807) is 11.5 Å². The first-order chi connectivity index (χ1) is 15.8. The zero-order chi connectivity index (χ0) is 23.3. The highest BCUT2D eigenvalue weighted by atomic mass is 32.1. The second-order valence-corrected chi connectivity index (χ2v) is 9.24. The van der Waals surface area contributed by atoms with Gasteiger partial charge in [-0.05, 0) is 56.7 Å². The monoisotopic (exact) mass is 462 g/mol. The number of amides is 1. The lowest BCUT2D eigenvalue weighted by Crippen LogP contribution is -2.30. The third kappa shape index (κ3) is 3.82. The van der Waals surface area contributed by atoms with Crippen molar-refractivity contribution in [3.63, 3.8) is 0 Å². The number of aromatic nitrogens is 5. The first kappa shape index (κ1) is 21.1. The number of fused-ring (bicyclic) bond motifs is 2. The molecule has 1 N–H and O–H groups in total. The summed E-state index contributed by atoms with van der Waals surface area (Å²) >= 11 is 1.41. The molecular formula is C23H22N6O3S. The van der Waals surface area contributed by atoms with E-state index in [0.29, 0.717) is 27.9 Å². The maximum atomic E-state index is 13.2. The topological polar surface area (TPSA) is 108 Å². The molecule has 5 rings (SSSR count). The SMILES string of the molecule is Cc1ccc2nc(NC(=O)Cn3c(=O)n(C(C)C)c4ccc(-c5noc(C)n5)cc43)sc2c1. The van der Waals surface area contributed by atoms with Crippen LogP contribution in [0.1, 0.15) is 31.3 Å². The van der Waals surface area contributed by atoms with Crippen molar-refractivity contribution in [2.45, 2.75) is 40.3 Å². The van der Waals surface area contributed by atoms with Gasteiger partial charge in [0.05, 0.1) is 21.3 Å². The fourth-order valence-corrected chi connectivity index (χ4v) is 4.85. The van der Waals surface area contributed by atoms with Crippen molar-refractivity contribution in [1.82, 2.24) is 24.3 Å². The van der Waals surface area contributed by atoms with Crippen molar-refractivity contribution >= 4 is 43.6 Å². The van der Waals surface area contributed by atoms with E-state index in [1.807, 2.05) is 57.2 Å². The maximum absolute atomic E-state index is 13.2. The quantitative estimate of drug-likeness (QED) is 0.417. The molecule has 168 valence electrons. The number of benzene rings is 2. The molecule has 0 bridgehead atoms. The highest BCUT2D eigenvalue weighted by molar-refractivity contribution is 7.22. The Labute approximate surface area is 192 Å². The molecule has 10 heteroatoms. The van der Waals surface area contributed by atoms with E-state index in [-0.39, 0.29) is 24.2 Å². The lowest BCUT2D eigenvalue weighted by molar-refractivity contribution is -0.116. The second-order valence-electron chi connectivity index (χ2n) is 8.21. The number of thiazole rings is 1. The minimum Gasteiger partial charge on any atom is -0.339 e. The Kier molecular flexibility index (Phi) is 5.09. The highest BCUT2D eigenvalue weighted by Gasteiger charge is 2.19. The molecule has 0 atom stereocenters. The van der Waals surface area contributed by atoms with Crippen LogP contribution in [0.25, 0.3) is 32.6 Å². The summed E-state index contributed by atoms with van der Waals surface area (Å²) in [7, 11) is 0. The van der Waals surface area contributed by atoms with Gasteiger partial charge in [0.2, 0.25) is 17.6 Å². The summed E-state index contributed by atoms with van der Waals surface area (Å²) in [5.74, 6) is 0.559. The molecule has 0 spiro atoms. The summed E-state index contributed by atoms with van der Waals surface area (Å²) in [6.07, 6.45) is 0. The molecule has 0 saturated heterocycles. The normalized spacial score (nSPS) is 11.7. The number of imidazole rings is 1. The average Bonchev–Trinajstić information content (AvgIpc) is 3.43. The zero-order valence-corrected chi connectivity index (χ0v) is 19.4. The molecule has 0 fully saturated rings. The van der Waals surface area contributed by atoms with Gasteiger partial charge < -0.3 is 9.84 Å². The van der Waals surface area contributed by atoms with Crippen molar-refractivity contribution in [1.29, 1.82) is 0 Å². The summed E-state index contributed by atoms with van der Waals surface area (Å²) in [5, 5.41) is 7.31. The second kappa shape index (κ2) is 7.96. The Bertz CT molecular complexity index is 1570. The molecule has 33 heavy (non-hydrogen) atoms. The van der Waals surface area contributed by atoms with Crippen LogP contribution in [0.15, 0.2) is 45.7 Å². The predicted molar refractivity (Wildman–Crippen MR) is 128 cm³/mol. The van der Waals surface area contributed by atoms with Crippen molar-refractivity contribution in [2.75, 3.05) is 5.32 Å². The van der Waals surface area contributed by atoms with E-state index in [2.05, 4.69) is 20.4 Å². The van der Waals surface area contributed by atoms with Crippen molar-refractivity contribution < 1.29 is 9.32 Å². The minimum absolute atomic E-state index is 0.0740. The highest BCUT2D eigenvalue weighted by Crippen LogP contribution is 2.27. The number of nitrogens with zero attached hydrogens (tertiary/aromatic N) is 5. The molecule has 0 radical (unpaired) electrons. The number of hydrogen-bond donors (Lipinski definition) is 1. The van der Waals surface area contributed by atoms with Gasteiger partial charge in [-0.25, -0.2) is 9.78 Å². The van der Waals surface area contributed by atoms with E-state index < -0.39 is 0 Å². The lowest BCUT2D eigenvalue weighted by atomic mass is 10.2. The zero-order valence-electron chi connectivity index (χ0n) is 18.6. The molecule has 0 aliphatic carbocycles. The fourth-order valence-electron chi connectivity index (χ4n) is 3.87. The van der Waals surface area contributed by atoms with Crippen LogP contribution in [-0.4, -0.2) is 30.2 Å². The third-order valence-corrected chi connectivity index (χ3v) is 6.29. The van der Waals surface area contributed by atoms with Gasteiger partial charge in [-0.1, -0.05) is 22.6 Å². The number of nitrogens with one attached hydrogen (secondary N) is 1. The number of carbonyl (C=O) groups excluding carboxylic acids is 1. The van der Waals surface area contributed by atoms with Crippen molar-refractivity contribution in [3.05, 3.63) is 58.3 Å². The summed E-state index contributed by atoms with van der Waals surface area (Å²) < 4.78 is 9.23. The number of hydrogen-bond acceptors (Lipinski definition) is 7. The van der Waals surface area contributed by atoms with E-state index in [9.17, 15) is 9.59 Å². The first-order valence-corrected chi connectivity index (χ1v) is 11.3. The smallest absolute Gasteiger partial charge is 0.329 e. The Morgan fingerprint density at radius 1 is 1.12 bits per heavy atom. The van der Waals surface area contributed by atoms with Gasteiger partial charge in [0, 0.05) is 18.5 Å². The third-order valence-electron chi connectivity index (χ3n) is 5.36. The number of rotatable bonds is 5. The fraction of sp³-hybridized carbons (Fsp3) is 0.261. The van der Waals surface area contributed by atoms with Crippen LogP contribution in [0.5, 0.6) is 0 Å². The summed E-state index contributed by atoms with van der Waals surface area (Å²) in [6.45, 7) is 7.46. The number of carbonyl (C=O) groups is 1. The van der Waals surface area contributed by atoms with Crippen LogP contribution in [0, 0.1) is 13.8 Å². The Balaban J connectivity index is 1.51. The number of anilines is 1. The molecule has 5 aromatic rings. The predicted octanol–water partition coefficient (Wildman–Crippen LogP) is 4.30. The van der Waals surface area contributed by atoms with E-state index in [0.717, 1.165) is 21.3 Å². The van der Waals surface area contributed by atoms with Crippen LogP contribution in [0.2, 0.25) is 0 Å². The molecule has 9 nitrogen and oxygen atoms in total. The van der Waals surface area contributed by atoms with E-state index in [4.69, 9.17) is 4.52 Å². The van der Waals surface area contributed by atoms with Crippen LogP contribution in [-0.2, 0) is 11.3 Å². The molecular weight excluding hydrogens is 440 g/mol. The summed E-state index contributed by atoms with van der Waals surface area (Å²) in [5.41, 5.74) is 3.78. The molecule has 1 amide bonds. The lowest BCUT2D eigenvalue weighted by Gasteiger charge is -2.06. The molecule has 0 aliphatic heterocycles. The first-order valence-electron chi connectivity index (χ1n) is 10.5. The average molecular weight is 463 g/mol. The van der Waals surface area contributed by atoms with Gasteiger partial charge in [0.15, 0.2) is 5.13 Å². The molecule has 3 heterocycles. The van der Waals surface area contributed by atoms with Crippen molar-refractivity contribution in [2.24, 2.45) is 0 Å². The van der Waals surface area contributed by atoms with Crippen LogP contribution >= 0.6 is 11.3 Å². The van der Waals surface area contributed by atoms with Gasteiger partial charge in [-0.2, -0.15) is 4.98 Å². The van der Waals surface area contributed by atoms with Gasteiger partial charge in [0.1, 0.15) is 6.54 Å². The van der Waals surface area contributed by atoms with Crippen LogP contribution in [0.4, 0.5) is 5.13 Å². The molecule has 0 aliphatic rings. The summed E-state index contributed by atoms with van der Waals surface area (Å²) in [4.78, 5) is 34.9. The van der Waals surface area contributed by atoms with Gasteiger partial charge >= 0.3 is 5.69 Å². The molecule has 0 saturated carbocycles. The Hall–Kier alpha value is -3.79. The number of aryl methyl sites for hydroxylation is 2. The van der Waals surface area contributed by atoms with Crippen LogP contribution in [0.3, 0.4) is 0 Å². The summed E-state index contributed by atoms with van der Waals surface area (Å²) in [6, 6.07) is 11.4. The minimum atomic E-state index is -0.323.